The maximum absolute atomic E-state index is 11.8. The average molecular weight is 309 g/mol. The van der Waals surface area contributed by atoms with E-state index in [1.165, 1.54) is 6.33 Å². The summed E-state index contributed by atoms with van der Waals surface area (Å²) in [6.45, 7) is 1.85. The number of anilines is 3. The molecular formula is C16H15N5O2. The minimum Gasteiger partial charge on any atom is -0.339 e. The van der Waals surface area contributed by atoms with Crippen LogP contribution in [0.1, 0.15) is 17.7 Å². The first-order valence-corrected chi connectivity index (χ1v) is 7.37. The molecule has 1 amide bonds. The van der Waals surface area contributed by atoms with Gasteiger partial charge in [0, 0.05) is 24.8 Å². The van der Waals surface area contributed by atoms with Crippen LogP contribution in [-0.2, 0) is 11.2 Å². The van der Waals surface area contributed by atoms with E-state index in [2.05, 4.69) is 26.5 Å². The van der Waals surface area contributed by atoms with Crippen molar-refractivity contribution in [3.63, 3.8) is 0 Å². The zero-order valence-electron chi connectivity index (χ0n) is 12.8. The Labute approximate surface area is 132 Å². The molecule has 1 aliphatic rings. The van der Waals surface area contributed by atoms with Crippen molar-refractivity contribution in [2.75, 3.05) is 17.3 Å². The molecule has 1 aliphatic heterocycles. The van der Waals surface area contributed by atoms with Crippen molar-refractivity contribution in [1.29, 1.82) is 0 Å². The van der Waals surface area contributed by atoms with E-state index in [1.54, 1.807) is 4.90 Å². The minimum atomic E-state index is 0.149. The van der Waals surface area contributed by atoms with Gasteiger partial charge in [-0.2, -0.15) is 4.98 Å². The molecule has 4 rings (SSSR count). The summed E-state index contributed by atoms with van der Waals surface area (Å²) in [7, 11) is 1.81. The molecule has 7 nitrogen and oxygen atoms in total. The van der Waals surface area contributed by atoms with Gasteiger partial charge >= 0.3 is 0 Å². The Bertz CT molecular complexity index is 918. The molecule has 116 valence electrons. The molecule has 0 bridgehead atoms. The highest BCUT2D eigenvalue weighted by atomic mass is 16.5. The maximum atomic E-state index is 11.8. The van der Waals surface area contributed by atoms with Crippen LogP contribution in [0.2, 0.25) is 0 Å². The molecule has 3 heterocycles. The Hall–Kier alpha value is -2.96. The topological polar surface area (TPSA) is 84.1 Å². The third-order valence-electron chi connectivity index (χ3n) is 4.13. The number of carbonyl (C=O) groups is 1. The Morgan fingerprint density at radius 1 is 1.26 bits per heavy atom. The molecule has 7 heteroatoms. The molecule has 0 unspecified atom stereocenters. The Morgan fingerprint density at radius 2 is 2.13 bits per heavy atom. The highest BCUT2D eigenvalue weighted by molar-refractivity contribution is 5.96. The minimum absolute atomic E-state index is 0.149. The Balaban J connectivity index is 1.72. The van der Waals surface area contributed by atoms with E-state index < -0.39 is 0 Å². The fourth-order valence-corrected chi connectivity index (χ4v) is 2.89. The van der Waals surface area contributed by atoms with E-state index in [0.717, 1.165) is 34.4 Å². The van der Waals surface area contributed by atoms with Crippen molar-refractivity contribution < 1.29 is 9.32 Å². The molecule has 0 atom stereocenters. The first-order chi connectivity index (χ1) is 11.1. The fourth-order valence-electron chi connectivity index (χ4n) is 2.89. The highest BCUT2D eigenvalue weighted by Gasteiger charge is 2.21. The van der Waals surface area contributed by atoms with Gasteiger partial charge in [0.25, 0.3) is 5.71 Å². The van der Waals surface area contributed by atoms with Gasteiger partial charge < -0.3 is 14.7 Å². The molecule has 0 saturated heterocycles. The van der Waals surface area contributed by atoms with E-state index in [4.69, 9.17) is 4.52 Å². The van der Waals surface area contributed by atoms with Crippen LogP contribution in [0, 0.1) is 6.92 Å². The van der Waals surface area contributed by atoms with Crippen LogP contribution < -0.4 is 10.2 Å². The molecule has 0 spiro atoms. The molecule has 0 aliphatic carbocycles. The maximum Gasteiger partial charge on any atom is 0.263 e. The van der Waals surface area contributed by atoms with Gasteiger partial charge in [0.05, 0.1) is 5.69 Å². The van der Waals surface area contributed by atoms with Crippen LogP contribution in [0.25, 0.3) is 11.1 Å². The third-order valence-corrected chi connectivity index (χ3v) is 4.13. The number of carbonyl (C=O) groups excluding carboxylic acids is 1. The first-order valence-electron chi connectivity index (χ1n) is 7.37. The van der Waals surface area contributed by atoms with E-state index in [1.807, 2.05) is 26.1 Å². The van der Waals surface area contributed by atoms with Crippen molar-refractivity contribution in [2.45, 2.75) is 19.8 Å². The molecular weight excluding hydrogens is 294 g/mol. The van der Waals surface area contributed by atoms with Gasteiger partial charge in [-0.25, -0.2) is 4.98 Å². The number of aryl methyl sites for hydroxylation is 2. The molecule has 0 saturated carbocycles. The summed E-state index contributed by atoms with van der Waals surface area (Å²) in [6, 6.07) is 5.94. The lowest BCUT2D eigenvalue weighted by Gasteiger charge is -2.26. The van der Waals surface area contributed by atoms with Gasteiger partial charge in [0.2, 0.25) is 5.91 Å². The monoisotopic (exact) mass is 309 g/mol. The average Bonchev–Trinajstić information content (AvgIpc) is 2.94. The summed E-state index contributed by atoms with van der Waals surface area (Å²) in [5.74, 6) is 0.810. The van der Waals surface area contributed by atoms with Crippen LogP contribution >= 0.6 is 0 Å². The molecule has 0 fully saturated rings. The van der Waals surface area contributed by atoms with Crippen molar-refractivity contribution in [2.24, 2.45) is 0 Å². The number of nitrogens with zero attached hydrogens (tertiary/aromatic N) is 4. The summed E-state index contributed by atoms with van der Waals surface area (Å²) >= 11 is 0. The van der Waals surface area contributed by atoms with Gasteiger partial charge in [-0.15, -0.1) is 0 Å². The zero-order chi connectivity index (χ0) is 16.0. The SMILES string of the molecule is Cc1noc2ncnc(Nc3ccc4c(c3)CCC(=O)N4C)c12. The second-order valence-electron chi connectivity index (χ2n) is 5.59. The molecule has 23 heavy (non-hydrogen) atoms. The van der Waals surface area contributed by atoms with Crippen LogP contribution in [0.4, 0.5) is 17.2 Å². The molecule has 1 aromatic carbocycles. The number of amides is 1. The summed E-state index contributed by atoms with van der Waals surface area (Å²) in [5.41, 5.74) is 4.21. The normalized spacial score (nSPS) is 14.2. The molecule has 3 aromatic rings. The van der Waals surface area contributed by atoms with E-state index in [0.29, 0.717) is 18.0 Å². The lowest BCUT2D eigenvalue weighted by molar-refractivity contribution is -0.118. The number of fused-ring (bicyclic) bond motifs is 2. The lowest BCUT2D eigenvalue weighted by Crippen LogP contribution is -2.31. The summed E-state index contributed by atoms with van der Waals surface area (Å²) < 4.78 is 5.16. The summed E-state index contributed by atoms with van der Waals surface area (Å²) in [5, 5.41) is 8.00. The van der Waals surface area contributed by atoms with E-state index >= 15 is 0 Å². The predicted molar refractivity (Wildman–Crippen MR) is 85.8 cm³/mol. The van der Waals surface area contributed by atoms with Gasteiger partial charge in [-0.05, 0) is 37.1 Å². The van der Waals surface area contributed by atoms with Crippen LogP contribution in [-0.4, -0.2) is 28.1 Å². The van der Waals surface area contributed by atoms with Crippen molar-refractivity contribution in [3.05, 3.63) is 35.8 Å². The summed E-state index contributed by atoms with van der Waals surface area (Å²) in [4.78, 5) is 21.8. The third kappa shape index (κ3) is 2.21. The number of hydrogen-bond acceptors (Lipinski definition) is 6. The Kier molecular flexibility index (Phi) is 3.00. The number of hydrogen-bond donors (Lipinski definition) is 1. The number of aromatic nitrogens is 3. The van der Waals surface area contributed by atoms with E-state index in [-0.39, 0.29) is 5.91 Å². The highest BCUT2D eigenvalue weighted by Crippen LogP contribution is 2.31. The Morgan fingerprint density at radius 3 is 3.00 bits per heavy atom. The fraction of sp³-hybridized carbons (Fsp3) is 0.250. The smallest absolute Gasteiger partial charge is 0.263 e. The van der Waals surface area contributed by atoms with Gasteiger partial charge in [0.1, 0.15) is 17.5 Å². The first kappa shape index (κ1) is 13.7. The van der Waals surface area contributed by atoms with Crippen molar-refractivity contribution >= 4 is 34.2 Å². The largest absolute Gasteiger partial charge is 0.339 e. The second-order valence-corrected chi connectivity index (χ2v) is 5.59. The molecule has 0 radical (unpaired) electrons. The van der Waals surface area contributed by atoms with Crippen molar-refractivity contribution in [1.82, 2.24) is 15.1 Å². The van der Waals surface area contributed by atoms with Gasteiger partial charge in [-0.1, -0.05) is 5.16 Å². The van der Waals surface area contributed by atoms with Crippen molar-refractivity contribution in [3.8, 4) is 0 Å². The number of benzene rings is 1. The number of nitrogens with one attached hydrogen (secondary N) is 1. The predicted octanol–water partition coefficient (Wildman–Crippen LogP) is 2.58. The standard InChI is InChI=1S/C16H15N5O2/c1-9-14-15(17-8-18-16(14)23-20-9)19-11-4-5-12-10(7-11)3-6-13(22)21(12)2/h4-5,7-8H,3,6H2,1-2H3,(H,17,18,19). The van der Waals surface area contributed by atoms with Crippen LogP contribution in [0.5, 0.6) is 0 Å². The molecule has 1 N–H and O–H groups in total. The quantitative estimate of drug-likeness (QED) is 0.783. The second kappa shape index (κ2) is 5.05. The van der Waals surface area contributed by atoms with Crippen LogP contribution in [0.15, 0.2) is 29.0 Å². The van der Waals surface area contributed by atoms with E-state index in [9.17, 15) is 4.79 Å². The summed E-state index contributed by atoms with van der Waals surface area (Å²) in [6.07, 6.45) is 2.73. The zero-order valence-corrected chi connectivity index (χ0v) is 12.8. The van der Waals surface area contributed by atoms with Gasteiger partial charge in [-0.3, -0.25) is 4.79 Å². The number of rotatable bonds is 2. The molecule has 2 aromatic heterocycles. The van der Waals surface area contributed by atoms with Gasteiger partial charge in [0.15, 0.2) is 0 Å². The van der Waals surface area contributed by atoms with Crippen LogP contribution in [0.3, 0.4) is 0 Å². The lowest BCUT2D eigenvalue weighted by atomic mass is 10.0.